The SMILES string of the molecule is COCOc1c(C(=O)[NH+]=C(N)N)n(C)c2ccccc12.CS(=O)(=O)[O-]. The Hall–Kier alpha value is -2.63. The number of methoxy groups -OCH3 is 1. The van der Waals surface area contributed by atoms with Crippen LogP contribution in [0.15, 0.2) is 24.3 Å². The van der Waals surface area contributed by atoms with Gasteiger partial charge in [0.25, 0.3) is 0 Å². The van der Waals surface area contributed by atoms with Crippen LogP contribution in [-0.2, 0) is 21.9 Å². The van der Waals surface area contributed by atoms with E-state index in [4.69, 9.17) is 33.9 Å². The molecule has 25 heavy (non-hydrogen) atoms. The van der Waals surface area contributed by atoms with Crippen LogP contribution in [0.25, 0.3) is 10.9 Å². The molecule has 5 N–H and O–H groups in total. The van der Waals surface area contributed by atoms with E-state index in [1.807, 2.05) is 24.3 Å². The van der Waals surface area contributed by atoms with E-state index in [0.29, 0.717) is 17.7 Å². The van der Waals surface area contributed by atoms with Crippen molar-refractivity contribution in [2.75, 3.05) is 20.2 Å². The largest absolute Gasteiger partial charge is 0.748 e. The zero-order valence-corrected chi connectivity index (χ0v) is 14.8. The number of hydrogen-bond donors (Lipinski definition) is 3. The van der Waals surface area contributed by atoms with Crippen molar-refractivity contribution in [1.82, 2.24) is 4.57 Å². The second-order valence-electron chi connectivity index (χ2n) is 4.92. The second-order valence-corrected chi connectivity index (χ2v) is 6.33. The third-order valence-electron chi connectivity index (χ3n) is 2.85. The van der Waals surface area contributed by atoms with Crippen molar-refractivity contribution in [3.8, 4) is 5.75 Å². The van der Waals surface area contributed by atoms with E-state index in [1.54, 1.807) is 11.6 Å². The number of fused-ring (bicyclic) bond motifs is 1. The average Bonchev–Trinajstić information content (AvgIpc) is 2.76. The fraction of sp³-hybridized carbons (Fsp3) is 0.286. The quantitative estimate of drug-likeness (QED) is 0.236. The number of carbonyl (C=O) groups excluding carboxylic acids is 1. The highest BCUT2D eigenvalue weighted by Gasteiger charge is 2.23. The van der Waals surface area contributed by atoms with E-state index in [-0.39, 0.29) is 12.8 Å². The summed E-state index contributed by atoms with van der Waals surface area (Å²) in [4.78, 5) is 14.6. The van der Waals surface area contributed by atoms with Gasteiger partial charge in [-0.3, -0.25) is 11.5 Å². The summed E-state index contributed by atoms with van der Waals surface area (Å²) in [7, 11) is -0.639. The van der Waals surface area contributed by atoms with Crippen LogP contribution in [0.3, 0.4) is 0 Å². The van der Waals surface area contributed by atoms with Gasteiger partial charge < -0.3 is 18.6 Å². The molecule has 0 aliphatic carbocycles. The molecule has 1 aromatic heterocycles. The predicted octanol–water partition coefficient (Wildman–Crippen LogP) is -2.18. The lowest BCUT2D eigenvalue weighted by Gasteiger charge is -2.05. The normalized spacial score (nSPS) is 10.7. The Morgan fingerprint density at radius 2 is 1.88 bits per heavy atom. The molecule has 10 nitrogen and oxygen atoms in total. The highest BCUT2D eigenvalue weighted by atomic mass is 32.2. The standard InChI is InChI=1S/C13H16N4O3.CH4O3S/c1-17-9-6-4-3-5-8(9)11(20-7-19-2)10(17)12(18)16-13(14)15;1-5(2,3)4/h3-6H,7H2,1-2H3,(H4,14,15,16,18);1H3,(H,2,3,4). The molecule has 0 spiro atoms. The number of nitrogens with two attached hydrogens (primary N) is 2. The highest BCUT2D eigenvalue weighted by molar-refractivity contribution is 7.84. The number of rotatable bonds is 4. The molecule has 0 bridgehead atoms. The lowest BCUT2D eigenvalue weighted by atomic mass is 10.2. The lowest BCUT2D eigenvalue weighted by Crippen LogP contribution is -2.81. The van der Waals surface area contributed by atoms with Gasteiger partial charge in [-0.2, -0.15) is 0 Å². The molecule has 138 valence electrons. The molecular formula is C14H20N4O6S. The first-order chi connectivity index (χ1) is 11.6. The van der Waals surface area contributed by atoms with Gasteiger partial charge >= 0.3 is 11.9 Å². The number of ether oxygens (including phenoxy) is 2. The molecule has 2 rings (SSSR count). The van der Waals surface area contributed by atoms with Crippen molar-refractivity contribution in [3.05, 3.63) is 30.0 Å². The molecule has 0 unspecified atom stereocenters. The predicted molar refractivity (Wildman–Crippen MR) is 89.7 cm³/mol. The maximum atomic E-state index is 12.2. The van der Waals surface area contributed by atoms with Gasteiger partial charge in [0, 0.05) is 25.8 Å². The topological polar surface area (TPSA) is 164 Å². The van der Waals surface area contributed by atoms with Crippen LogP contribution in [-0.4, -0.2) is 49.6 Å². The van der Waals surface area contributed by atoms with Crippen molar-refractivity contribution in [2.45, 2.75) is 0 Å². The van der Waals surface area contributed by atoms with Crippen LogP contribution in [0.5, 0.6) is 5.75 Å². The van der Waals surface area contributed by atoms with Crippen LogP contribution in [0.4, 0.5) is 0 Å². The van der Waals surface area contributed by atoms with Gasteiger partial charge in [-0.05, 0) is 12.1 Å². The summed E-state index contributed by atoms with van der Waals surface area (Å²) in [6.45, 7) is 0.0378. The molecule has 0 atom stereocenters. The molecular weight excluding hydrogens is 352 g/mol. The Balaban J connectivity index is 0.000000550. The minimum atomic E-state index is -3.92. The number of benzene rings is 1. The molecule has 0 aliphatic rings. The Kier molecular flexibility index (Phi) is 6.91. The van der Waals surface area contributed by atoms with Crippen molar-refractivity contribution in [2.24, 2.45) is 18.5 Å². The summed E-state index contributed by atoms with van der Waals surface area (Å²) in [5, 5.41) is 0.813. The zero-order chi connectivity index (χ0) is 19.2. The molecule has 0 fully saturated rings. The first-order valence-corrected chi connectivity index (χ1v) is 8.67. The van der Waals surface area contributed by atoms with E-state index in [9.17, 15) is 4.79 Å². The lowest BCUT2D eigenvalue weighted by molar-refractivity contribution is -0.348. The van der Waals surface area contributed by atoms with Gasteiger partial charge in [-0.25, -0.2) is 18.2 Å². The van der Waals surface area contributed by atoms with Crippen LogP contribution in [0.2, 0.25) is 0 Å². The van der Waals surface area contributed by atoms with Crippen LogP contribution in [0.1, 0.15) is 10.5 Å². The zero-order valence-electron chi connectivity index (χ0n) is 14.0. The minimum Gasteiger partial charge on any atom is -0.748 e. The van der Waals surface area contributed by atoms with Gasteiger partial charge in [0.05, 0.1) is 15.6 Å². The summed E-state index contributed by atoms with van der Waals surface area (Å²) in [5.41, 5.74) is 11.8. The van der Waals surface area contributed by atoms with Gasteiger partial charge in [0.15, 0.2) is 18.2 Å². The minimum absolute atomic E-state index is 0.0378. The first-order valence-electron chi connectivity index (χ1n) is 6.85. The molecule has 2 aromatic rings. The summed E-state index contributed by atoms with van der Waals surface area (Å²) >= 11 is 0. The van der Waals surface area contributed by atoms with Gasteiger partial charge in [-0.15, -0.1) is 0 Å². The summed E-state index contributed by atoms with van der Waals surface area (Å²) in [5.74, 6) is -0.170. The summed E-state index contributed by atoms with van der Waals surface area (Å²) in [6, 6.07) is 7.51. The van der Waals surface area contributed by atoms with Crippen molar-refractivity contribution >= 4 is 32.9 Å². The average molecular weight is 372 g/mol. The van der Waals surface area contributed by atoms with E-state index < -0.39 is 16.0 Å². The van der Waals surface area contributed by atoms with E-state index in [0.717, 1.165) is 10.9 Å². The third kappa shape index (κ3) is 6.06. The number of nitrogens with zero attached hydrogens (tertiary/aromatic N) is 1. The number of guanidine groups is 1. The van der Waals surface area contributed by atoms with Gasteiger partial charge in [-0.1, -0.05) is 12.1 Å². The van der Waals surface area contributed by atoms with Crippen LogP contribution < -0.4 is 21.2 Å². The number of amides is 1. The number of carbonyl (C=O) groups is 1. The maximum Gasteiger partial charge on any atom is 0.346 e. The fourth-order valence-corrected chi connectivity index (χ4v) is 2.07. The van der Waals surface area contributed by atoms with Crippen LogP contribution in [0, 0.1) is 0 Å². The number of nitrogens with one attached hydrogen (secondary N) is 1. The molecule has 11 heteroatoms. The van der Waals surface area contributed by atoms with Crippen molar-refractivity contribution < 1.29 is 32.2 Å². The van der Waals surface area contributed by atoms with Crippen LogP contribution >= 0.6 is 0 Å². The molecule has 1 amide bonds. The Morgan fingerprint density at radius 3 is 2.40 bits per heavy atom. The van der Waals surface area contributed by atoms with E-state index in [2.05, 4.69) is 4.99 Å². The van der Waals surface area contributed by atoms with Crippen molar-refractivity contribution in [3.63, 3.8) is 0 Å². The monoisotopic (exact) mass is 372 g/mol. The smallest absolute Gasteiger partial charge is 0.346 e. The highest BCUT2D eigenvalue weighted by Crippen LogP contribution is 2.31. The van der Waals surface area contributed by atoms with Crippen molar-refractivity contribution in [1.29, 1.82) is 0 Å². The summed E-state index contributed by atoms with van der Waals surface area (Å²) in [6.07, 6.45) is 0.604. The number of aromatic nitrogens is 1. The van der Waals surface area contributed by atoms with Gasteiger partial charge in [0.1, 0.15) is 0 Å². The molecule has 0 saturated heterocycles. The van der Waals surface area contributed by atoms with E-state index >= 15 is 0 Å². The fourth-order valence-electron chi connectivity index (χ4n) is 2.07. The third-order valence-corrected chi connectivity index (χ3v) is 2.85. The Morgan fingerprint density at radius 1 is 1.32 bits per heavy atom. The summed E-state index contributed by atoms with van der Waals surface area (Å²) < 4.78 is 39.4. The van der Waals surface area contributed by atoms with E-state index in [1.165, 1.54) is 7.11 Å². The number of aryl methyl sites for hydroxylation is 1. The maximum absolute atomic E-state index is 12.2. The second kappa shape index (κ2) is 8.46. The Bertz CT molecular complexity index is 876. The number of para-hydroxylation sites is 1. The number of hydrogen-bond acceptors (Lipinski definition) is 6. The molecule has 0 radical (unpaired) electrons. The molecule has 0 saturated carbocycles. The molecule has 1 heterocycles. The Labute approximate surface area is 144 Å². The van der Waals surface area contributed by atoms with Gasteiger partial charge in [0.2, 0.25) is 0 Å². The first kappa shape index (κ1) is 20.4. The molecule has 0 aliphatic heterocycles. The molecule has 1 aromatic carbocycles.